The van der Waals surface area contributed by atoms with Gasteiger partial charge < -0.3 is 0 Å². The molecule has 13 heavy (non-hydrogen) atoms. The van der Waals surface area contributed by atoms with Gasteiger partial charge in [0.15, 0.2) is 0 Å². The van der Waals surface area contributed by atoms with Gasteiger partial charge in [-0.1, -0.05) is 11.6 Å². The summed E-state index contributed by atoms with van der Waals surface area (Å²) in [4.78, 5) is 3.17. The Labute approximate surface area is 82.5 Å². The largest absolute Gasteiger partial charge is 0.264 e. The van der Waals surface area contributed by atoms with Gasteiger partial charge in [-0.15, -0.1) is 11.6 Å². The van der Waals surface area contributed by atoms with Crippen LogP contribution in [0.2, 0.25) is 5.15 Å². The second-order valence-electron chi connectivity index (χ2n) is 2.24. The van der Waals surface area contributed by atoms with Gasteiger partial charge in [-0.2, -0.15) is 4.39 Å². The first-order valence-electron chi connectivity index (χ1n) is 3.25. The predicted octanol–water partition coefficient (Wildman–Crippen LogP) is 3.55. The van der Waals surface area contributed by atoms with Crippen molar-refractivity contribution in [2.24, 2.45) is 0 Å². The molecule has 0 spiro atoms. The van der Waals surface area contributed by atoms with Crippen LogP contribution in [-0.2, 0) is 5.88 Å². The molecule has 0 aromatic carbocycles. The lowest BCUT2D eigenvalue weighted by Gasteiger charge is -2.06. The van der Waals surface area contributed by atoms with Gasteiger partial charge in [0.05, 0.1) is 5.88 Å². The van der Waals surface area contributed by atoms with Crippen molar-refractivity contribution in [2.45, 2.75) is 12.3 Å². The van der Waals surface area contributed by atoms with Crippen molar-refractivity contribution in [1.29, 1.82) is 0 Å². The van der Waals surface area contributed by atoms with Crippen molar-refractivity contribution in [3.8, 4) is 0 Å². The zero-order valence-corrected chi connectivity index (χ0v) is 7.71. The number of rotatable bonds is 2. The molecular weight excluding hydrogens is 226 g/mol. The third-order valence-electron chi connectivity index (χ3n) is 1.45. The third-order valence-corrected chi connectivity index (χ3v) is 1.91. The summed E-state index contributed by atoms with van der Waals surface area (Å²) in [5.41, 5.74) is -0.812. The number of aromatic nitrogens is 1. The molecule has 1 rings (SSSR count). The summed E-state index contributed by atoms with van der Waals surface area (Å²) in [6.45, 7) is 0. The molecule has 1 aromatic rings. The molecule has 0 bridgehead atoms. The van der Waals surface area contributed by atoms with Crippen molar-refractivity contribution in [2.75, 3.05) is 0 Å². The van der Waals surface area contributed by atoms with E-state index in [1.165, 1.54) is 0 Å². The molecule has 0 atom stereocenters. The summed E-state index contributed by atoms with van der Waals surface area (Å²) < 4.78 is 37.4. The molecule has 0 N–H and O–H groups in total. The summed E-state index contributed by atoms with van der Waals surface area (Å²) in [7, 11) is 0. The number of nitrogens with zero attached hydrogens (tertiary/aromatic N) is 1. The van der Waals surface area contributed by atoms with Gasteiger partial charge in [0, 0.05) is 11.1 Å². The average Bonchev–Trinajstić information content (AvgIpc) is 2.02. The fourth-order valence-electron chi connectivity index (χ4n) is 0.855. The van der Waals surface area contributed by atoms with Crippen LogP contribution in [0.25, 0.3) is 0 Å². The highest BCUT2D eigenvalue weighted by molar-refractivity contribution is 6.29. The Kier molecular flexibility index (Phi) is 3.39. The predicted molar refractivity (Wildman–Crippen MR) is 43.7 cm³/mol. The van der Waals surface area contributed by atoms with Crippen LogP contribution in [0.4, 0.5) is 13.2 Å². The summed E-state index contributed by atoms with van der Waals surface area (Å²) >= 11 is 10.6. The lowest BCUT2D eigenvalue weighted by molar-refractivity contribution is 0.149. The number of hydrogen-bond donors (Lipinski definition) is 0. The van der Waals surface area contributed by atoms with Crippen LogP contribution in [0.5, 0.6) is 0 Å². The van der Waals surface area contributed by atoms with Crippen molar-refractivity contribution >= 4 is 23.2 Å². The van der Waals surface area contributed by atoms with Crippen LogP contribution < -0.4 is 0 Å². The second-order valence-corrected chi connectivity index (χ2v) is 2.89. The van der Waals surface area contributed by atoms with Crippen LogP contribution in [0.15, 0.2) is 6.07 Å². The molecule has 0 aliphatic carbocycles. The minimum absolute atomic E-state index is 0.304. The molecule has 0 saturated heterocycles. The maximum atomic E-state index is 12.9. The number of hydrogen-bond acceptors (Lipinski definition) is 1. The van der Waals surface area contributed by atoms with E-state index in [9.17, 15) is 13.2 Å². The number of halogens is 5. The molecule has 72 valence electrons. The molecule has 0 fully saturated rings. The van der Waals surface area contributed by atoms with Gasteiger partial charge >= 0.3 is 0 Å². The summed E-state index contributed by atoms with van der Waals surface area (Å²) in [6.07, 6.45) is -2.80. The standard InChI is InChI=1S/C7H4Cl2F3N/c8-2-4-3(6(10)11)1-5(9)13-7(4)12/h1,6H,2H2. The minimum atomic E-state index is -2.80. The second kappa shape index (κ2) is 4.15. The zero-order valence-electron chi connectivity index (χ0n) is 6.20. The molecule has 0 radical (unpaired) electrons. The highest BCUT2D eigenvalue weighted by Crippen LogP contribution is 2.27. The Morgan fingerprint density at radius 2 is 2.08 bits per heavy atom. The SMILES string of the molecule is Fc1nc(Cl)cc(C(F)F)c1CCl. The normalized spacial score (nSPS) is 10.9. The van der Waals surface area contributed by atoms with E-state index in [1.54, 1.807) is 0 Å². The monoisotopic (exact) mass is 229 g/mol. The fraction of sp³-hybridized carbons (Fsp3) is 0.286. The van der Waals surface area contributed by atoms with E-state index in [0.717, 1.165) is 6.07 Å². The summed E-state index contributed by atoms with van der Waals surface area (Å²) in [5, 5.41) is -0.304. The number of alkyl halides is 3. The van der Waals surface area contributed by atoms with E-state index in [2.05, 4.69) is 4.98 Å². The Morgan fingerprint density at radius 3 is 2.54 bits per heavy atom. The van der Waals surface area contributed by atoms with E-state index in [1.807, 2.05) is 0 Å². The molecule has 0 unspecified atom stereocenters. The van der Waals surface area contributed by atoms with Crippen LogP contribution in [0, 0.1) is 5.95 Å². The Hall–Kier alpha value is -0.480. The van der Waals surface area contributed by atoms with E-state index < -0.39 is 17.9 Å². The fourth-order valence-corrected chi connectivity index (χ4v) is 1.31. The van der Waals surface area contributed by atoms with Crippen molar-refractivity contribution in [3.05, 3.63) is 28.3 Å². The highest BCUT2D eigenvalue weighted by atomic mass is 35.5. The van der Waals surface area contributed by atoms with Gasteiger partial charge in [-0.3, -0.25) is 0 Å². The van der Waals surface area contributed by atoms with Crippen molar-refractivity contribution in [1.82, 2.24) is 4.98 Å². The van der Waals surface area contributed by atoms with Crippen molar-refractivity contribution in [3.63, 3.8) is 0 Å². The quantitative estimate of drug-likeness (QED) is 0.559. The van der Waals surface area contributed by atoms with E-state index in [0.29, 0.717) is 0 Å². The first-order valence-corrected chi connectivity index (χ1v) is 4.16. The van der Waals surface area contributed by atoms with Crippen LogP contribution in [0.3, 0.4) is 0 Å². The topological polar surface area (TPSA) is 12.9 Å². The Bertz CT molecular complexity index is 317. The van der Waals surface area contributed by atoms with E-state index in [4.69, 9.17) is 23.2 Å². The van der Waals surface area contributed by atoms with Crippen LogP contribution in [0.1, 0.15) is 17.6 Å². The molecule has 1 aromatic heterocycles. The molecule has 0 saturated carbocycles. The van der Waals surface area contributed by atoms with E-state index >= 15 is 0 Å². The molecule has 0 amide bonds. The molecule has 1 heterocycles. The summed E-state index contributed by atoms with van der Waals surface area (Å²) in [5.74, 6) is -1.40. The van der Waals surface area contributed by atoms with Gasteiger partial charge in [0.2, 0.25) is 5.95 Å². The van der Waals surface area contributed by atoms with Gasteiger partial charge in [0.1, 0.15) is 5.15 Å². The van der Waals surface area contributed by atoms with Crippen LogP contribution in [-0.4, -0.2) is 4.98 Å². The summed E-state index contributed by atoms with van der Waals surface area (Å²) in [6, 6.07) is 0.910. The first kappa shape index (κ1) is 10.6. The smallest absolute Gasteiger partial charge is 0.208 e. The van der Waals surface area contributed by atoms with E-state index in [-0.39, 0.29) is 16.6 Å². The maximum Gasteiger partial charge on any atom is 0.264 e. The number of pyridine rings is 1. The molecular formula is C7H4Cl2F3N. The van der Waals surface area contributed by atoms with Crippen molar-refractivity contribution < 1.29 is 13.2 Å². The third kappa shape index (κ3) is 2.25. The first-order chi connectivity index (χ1) is 6.06. The molecule has 1 nitrogen and oxygen atoms in total. The molecule has 6 heteroatoms. The lowest BCUT2D eigenvalue weighted by atomic mass is 10.1. The van der Waals surface area contributed by atoms with Crippen LogP contribution >= 0.6 is 23.2 Å². The highest BCUT2D eigenvalue weighted by Gasteiger charge is 2.18. The van der Waals surface area contributed by atoms with Gasteiger partial charge in [0.25, 0.3) is 6.43 Å². The minimum Gasteiger partial charge on any atom is -0.208 e. The molecule has 0 aliphatic rings. The van der Waals surface area contributed by atoms with Gasteiger partial charge in [-0.05, 0) is 6.07 Å². The van der Waals surface area contributed by atoms with Gasteiger partial charge in [-0.25, -0.2) is 13.8 Å². The lowest BCUT2D eigenvalue weighted by Crippen LogP contribution is -1.99. The Balaban J connectivity index is 3.29. The molecule has 0 aliphatic heterocycles. The zero-order chi connectivity index (χ0) is 10.0. The maximum absolute atomic E-state index is 12.9. The average molecular weight is 230 g/mol. The Morgan fingerprint density at radius 1 is 1.46 bits per heavy atom.